The van der Waals surface area contributed by atoms with Gasteiger partial charge in [0, 0.05) is 5.39 Å². The van der Waals surface area contributed by atoms with Crippen LogP contribution < -0.4 is 0 Å². The molecule has 62 valence electrons. The third-order valence-electron chi connectivity index (χ3n) is 1.95. The van der Waals surface area contributed by atoms with Crippen LogP contribution in [0.2, 0.25) is 0 Å². The van der Waals surface area contributed by atoms with Gasteiger partial charge in [-0.25, -0.2) is 4.39 Å². The van der Waals surface area contributed by atoms with Crippen LogP contribution in [0.3, 0.4) is 0 Å². The van der Waals surface area contributed by atoms with Crippen molar-refractivity contribution in [3.8, 4) is 0 Å². The monoisotopic (exact) mass is 164 g/mol. The highest BCUT2D eigenvalue weighted by atomic mass is 19.1. The van der Waals surface area contributed by atoms with Gasteiger partial charge in [-0.15, -0.1) is 0 Å². The van der Waals surface area contributed by atoms with Gasteiger partial charge in [-0.05, 0) is 30.2 Å². The maximum Gasteiger partial charge on any atom is 0.134 e. The quantitative estimate of drug-likeness (QED) is 0.630. The van der Waals surface area contributed by atoms with Crippen LogP contribution in [0.4, 0.5) is 4.39 Å². The predicted molar refractivity (Wildman–Crippen MR) is 45.8 cm³/mol. The fraction of sp³-hybridized carbons (Fsp3) is 0.200. The van der Waals surface area contributed by atoms with E-state index in [1.165, 1.54) is 0 Å². The van der Waals surface area contributed by atoms with Gasteiger partial charge in [0.2, 0.25) is 0 Å². The van der Waals surface area contributed by atoms with E-state index in [1.807, 2.05) is 19.1 Å². The highest BCUT2D eigenvalue weighted by Gasteiger charge is 2.03. The van der Waals surface area contributed by atoms with Gasteiger partial charge < -0.3 is 4.42 Å². The van der Waals surface area contributed by atoms with E-state index in [0.29, 0.717) is 5.56 Å². The van der Waals surface area contributed by atoms with Gasteiger partial charge in [-0.1, -0.05) is 6.07 Å². The van der Waals surface area contributed by atoms with Gasteiger partial charge in [-0.3, -0.25) is 0 Å². The van der Waals surface area contributed by atoms with Gasteiger partial charge >= 0.3 is 0 Å². The van der Waals surface area contributed by atoms with Crippen molar-refractivity contribution >= 4 is 11.0 Å². The van der Waals surface area contributed by atoms with Crippen molar-refractivity contribution in [1.82, 2.24) is 0 Å². The van der Waals surface area contributed by atoms with E-state index in [1.54, 1.807) is 12.3 Å². The molecule has 0 amide bonds. The molecule has 1 aromatic heterocycles. The molecule has 0 aliphatic carbocycles. The van der Waals surface area contributed by atoms with E-state index in [0.717, 1.165) is 16.5 Å². The molecule has 2 aromatic rings. The molecule has 0 bridgehead atoms. The number of benzene rings is 1. The molecule has 1 heterocycles. The molecule has 0 fully saturated rings. The summed E-state index contributed by atoms with van der Waals surface area (Å²) in [5.41, 5.74) is 2.51. The number of rotatable bonds is 1. The Bertz CT molecular complexity index is 403. The normalized spacial score (nSPS) is 10.8. The number of alkyl halides is 1. The molecule has 2 heteroatoms. The first kappa shape index (κ1) is 7.35. The van der Waals surface area contributed by atoms with Crippen molar-refractivity contribution in [1.29, 1.82) is 0 Å². The smallest absolute Gasteiger partial charge is 0.134 e. The van der Waals surface area contributed by atoms with Gasteiger partial charge in [0.05, 0.1) is 6.26 Å². The van der Waals surface area contributed by atoms with Gasteiger partial charge in [-0.2, -0.15) is 0 Å². The zero-order valence-electron chi connectivity index (χ0n) is 6.80. The third-order valence-corrected chi connectivity index (χ3v) is 1.95. The molecule has 0 spiro atoms. The van der Waals surface area contributed by atoms with Crippen molar-refractivity contribution in [3.63, 3.8) is 0 Å². The summed E-state index contributed by atoms with van der Waals surface area (Å²) in [5.74, 6) is 0. The maximum absolute atomic E-state index is 12.5. The number of aryl methyl sites for hydroxylation is 1. The molecule has 0 aliphatic heterocycles. The van der Waals surface area contributed by atoms with Crippen LogP contribution in [0.25, 0.3) is 11.0 Å². The van der Waals surface area contributed by atoms with Crippen LogP contribution in [0.15, 0.2) is 28.9 Å². The molecule has 0 aliphatic rings. The van der Waals surface area contributed by atoms with Crippen LogP contribution in [0.1, 0.15) is 11.1 Å². The largest absolute Gasteiger partial charge is 0.464 e. The first-order valence-corrected chi connectivity index (χ1v) is 3.84. The fourth-order valence-electron chi connectivity index (χ4n) is 1.41. The average Bonchev–Trinajstić information content (AvgIpc) is 2.50. The van der Waals surface area contributed by atoms with Gasteiger partial charge in [0.15, 0.2) is 0 Å². The van der Waals surface area contributed by atoms with Crippen molar-refractivity contribution in [2.24, 2.45) is 0 Å². The lowest BCUT2D eigenvalue weighted by atomic mass is 10.1. The van der Waals surface area contributed by atoms with Crippen molar-refractivity contribution in [3.05, 3.63) is 35.6 Å². The zero-order chi connectivity index (χ0) is 8.55. The molecule has 1 nitrogen and oxygen atoms in total. The molecule has 0 radical (unpaired) electrons. The van der Waals surface area contributed by atoms with Crippen molar-refractivity contribution < 1.29 is 8.81 Å². The Morgan fingerprint density at radius 3 is 3.00 bits per heavy atom. The first-order chi connectivity index (χ1) is 5.81. The van der Waals surface area contributed by atoms with Crippen LogP contribution in [-0.2, 0) is 6.67 Å². The summed E-state index contributed by atoms with van der Waals surface area (Å²) < 4.78 is 17.6. The Morgan fingerprint density at radius 2 is 2.25 bits per heavy atom. The molecule has 12 heavy (non-hydrogen) atoms. The predicted octanol–water partition coefficient (Wildman–Crippen LogP) is 3.21. The summed E-state index contributed by atoms with van der Waals surface area (Å²) in [6.07, 6.45) is 1.59. The lowest BCUT2D eigenvalue weighted by molar-refractivity contribution is 0.487. The zero-order valence-corrected chi connectivity index (χ0v) is 6.80. The van der Waals surface area contributed by atoms with E-state index in [-0.39, 0.29) is 0 Å². The highest BCUT2D eigenvalue weighted by molar-refractivity contribution is 5.81. The molecule has 1 aromatic carbocycles. The molecular formula is C10H9FO. The minimum absolute atomic E-state index is 0.433. The average molecular weight is 164 g/mol. The summed E-state index contributed by atoms with van der Waals surface area (Å²) >= 11 is 0. The maximum atomic E-state index is 12.5. The second-order valence-corrected chi connectivity index (χ2v) is 2.89. The van der Waals surface area contributed by atoms with E-state index >= 15 is 0 Å². The minimum Gasteiger partial charge on any atom is -0.464 e. The molecule has 0 unspecified atom stereocenters. The van der Waals surface area contributed by atoms with E-state index in [2.05, 4.69) is 0 Å². The van der Waals surface area contributed by atoms with Crippen LogP contribution in [0.5, 0.6) is 0 Å². The van der Waals surface area contributed by atoms with E-state index in [9.17, 15) is 4.39 Å². The SMILES string of the molecule is Cc1cc(CF)c2ccoc2c1. The number of fused-ring (bicyclic) bond motifs is 1. The summed E-state index contributed by atoms with van der Waals surface area (Å²) in [5, 5.41) is 0.878. The lowest BCUT2D eigenvalue weighted by Gasteiger charge is -1.98. The van der Waals surface area contributed by atoms with E-state index < -0.39 is 6.67 Å². The van der Waals surface area contributed by atoms with E-state index in [4.69, 9.17) is 4.42 Å². The number of halogens is 1. The molecule has 0 atom stereocenters. The third kappa shape index (κ3) is 0.998. The lowest BCUT2D eigenvalue weighted by Crippen LogP contribution is -1.81. The summed E-state index contributed by atoms with van der Waals surface area (Å²) in [6.45, 7) is 1.50. The minimum atomic E-state index is -0.433. The molecule has 2 rings (SSSR count). The molecule has 0 saturated carbocycles. The summed E-state index contributed by atoms with van der Waals surface area (Å²) in [6, 6.07) is 5.55. The standard InChI is InChI=1S/C10H9FO/c1-7-4-8(6-11)9-2-3-12-10(9)5-7/h2-5H,6H2,1H3. The second-order valence-electron chi connectivity index (χ2n) is 2.89. The Labute approximate surface area is 69.8 Å². The van der Waals surface area contributed by atoms with Crippen molar-refractivity contribution in [2.45, 2.75) is 13.6 Å². The first-order valence-electron chi connectivity index (χ1n) is 3.84. The van der Waals surface area contributed by atoms with Crippen LogP contribution >= 0.6 is 0 Å². The fourth-order valence-corrected chi connectivity index (χ4v) is 1.41. The second kappa shape index (κ2) is 2.63. The Balaban J connectivity index is 2.80. The Kier molecular flexibility index (Phi) is 1.61. The number of hydrogen-bond acceptors (Lipinski definition) is 1. The summed E-state index contributed by atoms with van der Waals surface area (Å²) in [4.78, 5) is 0. The molecule has 0 N–H and O–H groups in total. The van der Waals surface area contributed by atoms with Crippen LogP contribution in [-0.4, -0.2) is 0 Å². The van der Waals surface area contributed by atoms with Gasteiger partial charge in [0.1, 0.15) is 12.3 Å². The molecular weight excluding hydrogens is 155 g/mol. The number of furan rings is 1. The Morgan fingerprint density at radius 1 is 1.42 bits per heavy atom. The van der Waals surface area contributed by atoms with Crippen LogP contribution in [0, 0.1) is 6.92 Å². The molecule has 0 saturated heterocycles. The number of hydrogen-bond donors (Lipinski definition) is 0. The summed E-state index contributed by atoms with van der Waals surface area (Å²) in [7, 11) is 0. The van der Waals surface area contributed by atoms with Crippen molar-refractivity contribution in [2.75, 3.05) is 0 Å². The van der Waals surface area contributed by atoms with Gasteiger partial charge in [0.25, 0.3) is 0 Å². The highest BCUT2D eigenvalue weighted by Crippen LogP contribution is 2.22. The topological polar surface area (TPSA) is 13.1 Å². The Hall–Kier alpha value is -1.31.